The first-order chi connectivity index (χ1) is 33.0. The van der Waals surface area contributed by atoms with E-state index in [1.54, 1.807) is 0 Å². The Bertz CT molecular complexity index is 1170. The van der Waals surface area contributed by atoms with Crippen LogP contribution < -0.4 is 0 Å². The standard InChI is InChI=1S/C61H110O6/c1-4-7-10-13-16-19-22-24-25-26-27-28-29-30-31-32-33-34-35-37-39-42-45-48-51-54-60(63)66-57-58(56-65-59(62)53-50-47-44-41-38-21-18-15-12-9-6-3)67-61(64)55-52-49-46-43-40-36-23-20-17-14-11-8-5-2/h11,14,20,22-24,26-27,58H,4-10,12-13,15-19,21,25,28-57H2,1-3H3/b14-11-,23-20-,24-22-,27-26-. The van der Waals surface area contributed by atoms with Crippen LogP contribution in [-0.4, -0.2) is 37.2 Å². The Morgan fingerprint density at radius 3 is 0.881 bits per heavy atom. The highest BCUT2D eigenvalue weighted by atomic mass is 16.6. The fourth-order valence-electron chi connectivity index (χ4n) is 8.39. The third-order valence-electron chi connectivity index (χ3n) is 12.8. The Hall–Kier alpha value is -2.63. The van der Waals surface area contributed by atoms with Crippen LogP contribution in [0.1, 0.15) is 303 Å². The van der Waals surface area contributed by atoms with Crippen LogP contribution in [0.25, 0.3) is 0 Å². The van der Waals surface area contributed by atoms with Gasteiger partial charge in [0, 0.05) is 19.3 Å². The molecule has 0 spiro atoms. The van der Waals surface area contributed by atoms with Crippen LogP contribution in [0.4, 0.5) is 0 Å². The van der Waals surface area contributed by atoms with Crippen LogP contribution in [0.15, 0.2) is 48.6 Å². The highest BCUT2D eigenvalue weighted by Gasteiger charge is 2.19. The van der Waals surface area contributed by atoms with Gasteiger partial charge in [0.15, 0.2) is 6.10 Å². The van der Waals surface area contributed by atoms with Crippen molar-refractivity contribution in [2.45, 2.75) is 309 Å². The van der Waals surface area contributed by atoms with Crippen LogP contribution in [0.5, 0.6) is 0 Å². The Labute approximate surface area is 416 Å². The molecule has 0 aliphatic rings. The van der Waals surface area contributed by atoms with Gasteiger partial charge < -0.3 is 14.2 Å². The molecule has 0 amide bonds. The fourth-order valence-corrected chi connectivity index (χ4v) is 8.39. The molecule has 1 atom stereocenters. The molecule has 0 N–H and O–H groups in total. The second-order valence-corrected chi connectivity index (χ2v) is 19.6. The Balaban J connectivity index is 4.20. The summed E-state index contributed by atoms with van der Waals surface area (Å²) in [5.41, 5.74) is 0. The lowest BCUT2D eigenvalue weighted by atomic mass is 10.0. The Kier molecular flexibility index (Phi) is 53.8. The van der Waals surface area contributed by atoms with Crippen molar-refractivity contribution in [2.24, 2.45) is 0 Å². The van der Waals surface area contributed by atoms with Gasteiger partial charge in [-0.05, 0) is 77.0 Å². The molecule has 67 heavy (non-hydrogen) atoms. The van der Waals surface area contributed by atoms with Crippen LogP contribution >= 0.6 is 0 Å². The summed E-state index contributed by atoms with van der Waals surface area (Å²) in [6, 6.07) is 0. The molecule has 0 aromatic rings. The number of carbonyl (C=O) groups is 3. The largest absolute Gasteiger partial charge is 0.462 e. The number of carbonyl (C=O) groups excluding carboxylic acids is 3. The summed E-state index contributed by atoms with van der Waals surface area (Å²) in [6.45, 7) is 6.57. The van der Waals surface area contributed by atoms with E-state index in [4.69, 9.17) is 14.2 Å². The van der Waals surface area contributed by atoms with Gasteiger partial charge in [0.2, 0.25) is 0 Å². The van der Waals surface area contributed by atoms with Crippen LogP contribution in [0, 0.1) is 0 Å². The maximum Gasteiger partial charge on any atom is 0.306 e. The summed E-state index contributed by atoms with van der Waals surface area (Å²) in [4.78, 5) is 38.0. The summed E-state index contributed by atoms with van der Waals surface area (Å²) >= 11 is 0. The van der Waals surface area contributed by atoms with Crippen molar-refractivity contribution in [1.82, 2.24) is 0 Å². The van der Waals surface area contributed by atoms with Gasteiger partial charge in [0.05, 0.1) is 0 Å². The fraction of sp³-hybridized carbons (Fsp3) is 0.820. The predicted octanol–water partition coefficient (Wildman–Crippen LogP) is 19.4. The average Bonchev–Trinajstić information content (AvgIpc) is 3.33. The minimum absolute atomic E-state index is 0.0760. The van der Waals surface area contributed by atoms with E-state index >= 15 is 0 Å². The summed E-state index contributed by atoms with van der Waals surface area (Å²) < 4.78 is 16.8. The Morgan fingerprint density at radius 2 is 0.567 bits per heavy atom. The molecule has 0 aromatic carbocycles. The van der Waals surface area contributed by atoms with Gasteiger partial charge in [-0.2, -0.15) is 0 Å². The summed E-state index contributed by atoms with van der Waals surface area (Å²) in [5, 5.41) is 0. The lowest BCUT2D eigenvalue weighted by Crippen LogP contribution is -2.30. The molecule has 0 fully saturated rings. The van der Waals surface area contributed by atoms with E-state index in [1.807, 2.05) is 0 Å². The van der Waals surface area contributed by atoms with E-state index in [2.05, 4.69) is 69.4 Å². The zero-order chi connectivity index (χ0) is 48.6. The lowest BCUT2D eigenvalue weighted by molar-refractivity contribution is -0.167. The molecule has 0 bridgehead atoms. The minimum atomic E-state index is -0.777. The normalized spacial score (nSPS) is 12.3. The van der Waals surface area contributed by atoms with Crippen LogP contribution in [0.3, 0.4) is 0 Å². The van der Waals surface area contributed by atoms with Crippen LogP contribution in [0.2, 0.25) is 0 Å². The van der Waals surface area contributed by atoms with E-state index in [0.29, 0.717) is 19.3 Å². The van der Waals surface area contributed by atoms with E-state index in [-0.39, 0.29) is 31.1 Å². The molecule has 390 valence electrons. The molecule has 0 heterocycles. The first-order valence-electron chi connectivity index (χ1n) is 29.1. The van der Waals surface area contributed by atoms with Gasteiger partial charge in [0.25, 0.3) is 0 Å². The topological polar surface area (TPSA) is 78.9 Å². The highest BCUT2D eigenvalue weighted by molar-refractivity contribution is 5.71. The molecule has 0 saturated heterocycles. The lowest BCUT2D eigenvalue weighted by Gasteiger charge is -2.18. The highest BCUT2D eigenvalue weighted by Crippen LogP contribution is 2.16. The third-order valence-corrected chi connectivity index (χ3v) is 12.8. The van der Waals surface area contributed by atoms with E-state index < -0.39 is 6.10 Å². The second kappa shape index (κ2) is 56.0. The monoisotopic (exact) mass is 939 g/mol. The Morgan fingerprint density at radius 1 is 0.299 bits per heavy atom. The molecule has 0 aromatic heterocycles. The van der Waals surface area contributed by atoms with E-state index in [9.17, 15) is 14.4 Å². The number of allylic oxidation sites excluding steroid dienone is 8. The SMILES string of the molecule is CCC/C=C\C/C=C\CCCCCCCC(=O)OC(COC(=O)CCCCCCCCCCCCC)COC(=O)CCCCCCCCCCCCCCC/C=C\C/C=C\CCCCCCC. The number of ether oxygens (including phenoxy) is 3. The molecule has 0 radical (unpaired) electrons. The second-order valence-electron chi connectivity index (χ2n) is 19.6. The van der Waals surface area contributed by atoms with E-state index in [0.717, 1.165) is 96.3 Å². The average molecular weight is 940 g/mol. The van der Waals surface area contributed by atoms with Crippen molar-refractivity contribution >= 4 is 17.9 Å². The number of unbranched alkanes of at least 4 members (excludes halogenated alkanes) is 34. The van der Waals surface area contributed by atoms with Gasteiger partial charge >= 0.3 is 17.9 Å². The molecule has 0 aliphatic carbocycles. The van der Waals surface area contributed by atoms with Crippen molar-refractivity contribution in [3.8, 4) is 0 Å². The molecule has 6 heteroatoms. The number of rotatable bonds is 53. The quantitative estimate of drug-likeness (QED) is 0.0262. The smallest absolute Gasteiger partial charge is 0.306 e. The predicted molar refractivity (Wildman–Crippen MR) is 289 cm³/mol. The van der Waals surface area contributed by atoms with Gasteiger partial charge in [-0.25, -0.2) is 0 Å². The van der Waals surface area contributed by atoms with Gasteiger partial charge in [-0.3, -0.25) is 14.4 Å². The molecular weight excluding hydrogens is 829 g/mol. The summed E-state index contributed by atoms with van der Waals surface area (Å²) in [6.07, 6.45) is 68.3. The van der Waals surface area contributed by atoms with E-state index in [1.165, 1.54) is 167 Å². The zero-order valence-electron chi connectivity index (χ0n) is 44.7. The molecular formula is C61H110O6. The minimum Gasteiger partial charge on any atom is -0.462 e. The van der Waals surface area contributed by atoms with Crippen molar-refractivity contribution in [3.63, 3.8) is 0 Å². The van der Waals surface area contributed by atoms with Crippen molar-refractivity contribution in [3.05, 3.63) is 48.6 Å². The van der Waals surface area contributed by atoms with Gasteiger partial charge in [0.1, 0.15) is 13.2 Å². The number of esters is 3. The number of hydrogen-bond acceptors (Lipinski definition) is 6. The van der Waals surface area contributed by atoms with Crippen LogP contribution in [-0.2, 0) is 28.6 Å². The molecule has 1 unspecified atom stereocenters. The van der Waals surface area contributed by atoms with Crippen molar-refractivity contribution in [1.29, 1.82) is 0 Å². The summed E-state index contributed by atoms with van der Waals surface area (Å²) in [7, 11) is 0. The summed E-state index contributed by atoms with van der Waals surface area (Å²) in [5.74, 6) is -0.880. The zero-order valence-corrected chi connectivity index (χ0v) is 44.7. The first-order valence-corrected chi connectivity index (χ1v) is 29.1. The van der Waals surface area contributed by atoms with Gasteiger partial charge in [-0.15, -0.1) is 0 Å². The molecule has 0 rings (SSSR count). The van der Waals surface area contributed by atoms with Crippen molar-refractivity contribution in [2.75, 3.05) is 13.2 Å². The molecule has 0 saturated carbocycles. The number of hydrogen-bond donors (Lipinski definition) is 0. The molecule has 6 nitrogen and oxygen atoms in total. The molecule has 0 aliphatic heterocycles. The van der Waals surface area contributed by atoms with Gasteiger partial charge in [-0.1, -0.05) is 256 Å². The van der Waals surface area contributed by atoms with Crippen molar-refractivity contribution < 1.29 is 28.6 Å². The maximum absolute atomic E-state index is 12.8. The third kappa shape index (κ3) is 54.2. The first kappa shape index (κ1) is 64.4. The maximum atomic E-state index is 12.8.